The topological polar surface area (TPSA) is 103 Å². The van der Waals surface area contributed by atoms with Crippen molar-refractivity contribution in [1.29, 1.82) is 0 Å². The molecule has 8 nitrogen and oxygen atoms in total. The van der Waals surface area contributed by atoms with E-state index in [0.29, 0.717) is 24.4 Å². The number of hydrogen-bond acceptors (Lipinski definition) is 8. The van der Waals surface area contributed by atoms with E-state index in [4.69, 9.17) is 10.9 Å². The highest BCUT2D eigenvalue weighted by molar-refractivity contribution is 5.44. The van der Waals surface area contributed by atoms with Crippen LogP contribution in [0.15, 0.2) is 0 Å². The van der Waals surface area contributed by atoms with Crippen molar-refractivity contribution in [1.82, 2.24) is 15.0 Å². The highest BCUT2D eigenvalue weighted by Gasteiger charge is 2.15. The number of nitrogens with zero attached hydrogens (tertiary/aromatic N) is 5. The molecule has 0 saturated carbocycles. The average molecular weight is 283 g/mol. The van der Waals surface area contributed by atoms with E-state index in [9.17, 15) is 0 Å². The Hall–Kier alpha value is -1.67. The highest BCUT2D eigenvalue weighted by atomic mass is 16.3. The van der Waals surface area contributed by atoms with E-state index in [1.165, 1.54) is 0 Å². The van der Waals surface area contributed by atoms with E-state index in [1.807, 2.05) is 23.6 Å². The molecule has 0 saturated heterocycles. The Morgan fingerprint density at radius 2 is 1.60 bits per heavy atom. The first-order chi connectivity index (χ1) is 9.69. The molecule has 0 bridgehead atoms. The monoisotopic (exact) mass is 283 g/mol. The molecule has 0 unspecified atom stereocenters. The summed E-state index contributed by atoms with van der Waals surface area (Å²) < 4.78 is 0. The molecule has 0 amide bonds. The first kappa shape index (κ1) is 16.4. The van der Waals surface area contributed by atoms with E-state index in [1.54, 1.807) is 0 Å². The molecule has 0 aliphatic carbocycles. The Balaban J connectivity index is 3.13. The van der Waals surface area contributed by atoms with Crippen LogP contribution in [0.25, 0.3) is 0 Å². The maximum absolute atomic E-state index is 9.16. The molecule has 1 aromatic rings. The van der Waals surface area contributed by atoms with Gasteiger partial charge in [-0.15, -0.1) is 0 Å². The van der Waals surface area contributed by atoms with Crippen molar-refractivity contribution in [2.45, 2.75) is 27.2 Å². The van der Waals surface area contributed by atoms with E-state index in [2.05, 4.69) is 27.3 Å². The first-order valence-corrected chi connectivity index (χ1v) is 7.03. The summed E-state index contributed by atoms with van der Waals surface area (Å²) in [5, 5.41) is 9.16. The number of nitrogens with one attached hydrogen (secondary N) is 1. The van der Waals surface area contributed by atoms with Gasteiger partial charge in [0.05, 0.1) is 6.61 Å². The fourth-order valence-corrected chi connectivity index (χ4v) is 1.91. The SMILES string of the molecule is CCCN(CCO)c1nc(NN)nc(N(CC)CC)n1. The summed E-state index contributed by atoms with van der Waals surface area (Å²) in [4.78, 5) is 17.0. The predicted molar refractivity (Wildman–Crippen MR) is 80.8 cm³/mol. The Kier molecular flexibility index (Phi) is 6.96. The second-order valence-electron chi connectivity index (χ2n) is 4.29. The molecule has 0 atom stereocenters. The number of hydrogen-bond donors (Lipinski definition) is 3. The zero-order valence-corrected chi connectivity index (χ0v) is 12.5. The summed E-state index contributed by atoms with van der Waals surface area (Å²) in [6, 6.07) is 0. The summed E-state index contributed by atoms with van der Waals surface area (Å²) >= 11 is 0. The van der Waals surface area contributed by atoms with Crippen LogP contribution >= 0.6 is 0 Å². The summed E-state index contributed by atoms with van der Waals surface area (Å²) in [5.74, 6) is 6.88. The highest BCUT2D eigenvalue weighted by Crippen LogP contribution is 2.16. The summed E-state index contributed by atoms with van der Waals surface area (Å²) in [7, 11) is 0. The minimum absolute atomic E-state index is 0.0532. The molecule has 1 heterocycles. The van der Waals surface area contributed by atoms with Crippen molar-refractivity contribution in [2.24, 2.45) is 5.84 Å². The number of aliphatic hydroxyl groups excluding tert-OH is 1. The number of rotatable bonds is 9. The summed E-state index contributed by atoms with van der Waals surface area (Å²) in [6.07, 6.45) is 0.942. The number of nitrogen functional groups attached to an aromatic ring is 1. The lowest BCUT2D eigenvalue weighted by molar-refractivity contribution is 0.301. The third-order valence-corrected chi connectivity index (χ3v) is 2.93. The first-order valence-electron chi connectivity index (χ1n) is 7.03. The van der Waals surface area contributed by atoms with Crippen molar-refractivity contribution >= 4 is 17.8 Å². The van der Waals surface area contributed by atoms with Crippen LogP contribution in [0.4, 0.5) is 17.8 Å². The van der Waals surface area contributed by atoms with E-state index in [-0.39, 0.29) is 6.61 Å². The Morgan fingerprint density at radius 3 is 2.05 bits per heavy atom. The van der Waals surface area contributed by atoms with Crippen LogP contribution in [0.5, 0.6) is 0 Å². The Bertz CT molecular complexity index is 391. The fourth-order valence-electron chi connectivity index (χ4n) is 1.91. The van der Waals surface area contributed by atoms with Crippen molar-refractivity contribution in [3.8, 4) is 0 Å². The molecular formula is C12H25N7O. The van der Waals surface area contributed by atoms with Crippen LogP contribution in [-0.4, -0.2) is 52.8 Å². The number of anilines is 3. The van der Waals surface area contributed by atoms with Crippen LogP contribution < -0.4 is 21.1 Å². The second kappa shape index (κ2) is 8.49. The number of aromatic nitrogens is 3. The third-order valence-electron chi connectivity index (χ3n) is 2.93. The number of aliphatic hydroxyl groups is 1. The second-order valence-corrected chi connectivity index (χ2v) is 4.29. The van der Waals surface area contributed by atoms with Gasteiger partial charge in [0.1, 0.15) is 0 Å². The minimum atomic E-state index is 0.0532. The van der Waals surface area contributed by atoms with Crippen LogP contribution in [0.2, 0.25) is 0 Å². The molecule has 114 valence electrons. The molecule has 8 heteroatoms. The van der Waals surface area contributed by atoms with Crippen LogP contribution in [0.1, 0.15) is 27.2 Å². The van der Waals surface area contributed by atoms with Gasteiger partial charge in [0.2, 0.25) is 17.8 Å². The molecule has 0 aromatic carbocycles. The lowest BCUT2D eigenvalue weighted by atomic mass is 10.4. The molecule has 4 N–H and O–H groups in total. The maximum Gasteiger partial charge on any atom is 0.243 e. The molecular weight excluding hydrogens is 258 g/mol. The lowest BCUT2D eigenvalue weighted by Crippen LogP contribution is -2.32. The molecule has 0 spiro atoms. The molecule has 0 aliphatic heterocycles. The average Bonchev–Trinajstić information content (AvgIpc) is 2.48. The van der Waals surface area contributed by atoms with Gasteiger partial charge in [-0.2, -0.15) is 15.0 Å². The van der Waals surface area contributed by atoms with Gasteiger partial charge in [-0.25, -0.2) is 5.84 Å². The standard InChI is InChI=1S/C12H25N7O/c1-4-7-19(8-9-20)12-15-10(17-13)14-11(16-12)18(5-2)6-3/h20H,4-9,13H2,1-3H3,(H,14,15,16,17). The van der Waals surface area contributed by atoms with Gasteiger partial charge in [0.25, 0.3) is 0 Å². The maximum atomic E-state index is 9.16. The summed E-state index contributed by atoms with van der Waals surface area (Å²) in [5.41, 5.74) is 2.47. The van der Waals surface area contributed by atoms with Gasteiger partial charge in [-0.1, -0.05) is 6.92 Å². The molecule has 1 rings (SSSR count). The predicted octanol–water partition coefficient (Wildman–Crippen LogP) is 0.212. The van der Waals surface area contributed by atoms with Gasteiger partial charge < -0.3 is 14.9 Å². The molecule has 20 heavy (non-hydrogen) atoms. The molecule has 0 radical (unpaired) electrons. The minimum Gasteiger partial charge on any atom is -0.395 e. The zero-order valence-electron chi connectivity index (χ0n) is 12.5. The van der Waals surface area contributed by atoms with Crippen molar-refractivity contribution in [3.05, 3.63) is 0 Å². The van der Waals surface area contributed by atoms with Crippen LogP contribution in [-0.2, 0) is 0 Å². The van der Waals surface area contributed by atoms with Gasteiger partial charge in [-0.3, -0.25) is 5.43 Å². The zero-order chi connectivity index (χ0) is 15.0. The van der Waals surface area contributed by atoms with Gasteiger partial charge in [-0.05, 0) is 20.3 Å². The van der Waals surface area contributed by atoms with E-state index < -0.39 is 0 Å². The quantitative estimate of drug-likeness (QED) is 0.436. The van der Waals surface area contributed by atoms with Crippen molar-refractivity contribution < 1.29 is 5.11 Å². The molecule has 0 aliphatic rings. The van der Waals surface area contributed by atoms with Gasteiger partial charge in [0.15, 0.2) is 0 Å². The Morgan fingerprint density at radius 1 is 1.00 bits per heavy atom. The van der Waals surface area contributed by atoms with Gasteiger partial charge >= 0.3 is 0 Å². The molecule has 1 aromatic heterocycles. The smallest absolute Gasteiger partial charge is 0.243 e. The summed E-state index contributed by atoms with van der Waals surface area (Å²) in [6.45, 7) is 9.07. The van der Waals surface area contributed by atoms with E-state index in [0.717, 1.165) is 26.1 Å². The Labute approximate surface area is 120 Å². The number of nitrogens with two attached hydrogens (primary N) is 1. The van der Waals surface area contributed by atoms with Gasteiger partial charge in [0, 0.05) is 26.2 Å². The number of hydrazine groups is 1. The van der Waals surface area contributed by atoms with Crippen molar-refractivity contribution in [3.63, 3.8) is 0 Å². The lowest BCUT2D eigenvalue weighted by Gasteiger charge is -2.24. The molecule has 0 fully saturated rings. The van der Waals surface area contributed by atoms with Crippen LogP contribution in [0, 0.1) is 0 Å². The normalized spacial score (nSPS) is 10.4. The van der Waals surface area contributed by atoms with Crippen LogP contribution in [0.3, 0.4) is 0 Å². The third kappa shape index (κ3) is 4.17. The fraction of sp³-hybridized carbons (Fsp3) is 0.750. The largest absolute Gasteiger partial charge is 0.395 e. The van der Waals surface area contributed by atoms with Crippen molar-refractivity contribution in [2.75, 3.05) is 48.0 Å². The van der Waals surface area contributed by atoms with E-state index >= 15 is 0 Å².